The van der Waals surface area contributed by atoms with E-state index in [1.54, 1.807) is 4.40 Å². The van der Waals surface area contributed by atoms with E-state index in [0.29, 0.717) is 11.6 Å². The molecule has 0 N–H and O–H groups in total. The largest absolute Gasteiger partial charge is 0.269 e. The van der Waals surface area contributed by atoms with Gasteiger partial charge in [-0.2, -0.15) is 0 Å². The van der Waals surface area contributed by atoms with Crippen molar-refractivity contribution in [2.75, 3.05) is 0 Å². The number of pyridine rings is 1. The summed E-state index contributed by atoms with van der Waals surface area (Å²) in [7, 11) is 0. The normalized spacial score (nSPS) is 16.3. The van der Waals surface area contributed by atoms with Crippen LogP contribution < -0.4 is 5.56 Å². The molecule has 3 nitrogen and oxygen atoms in total. The summed E-state index contributed by atoms with van der Waals surface area (Å²) in [6.45, 7) is 4.27. The highest BCUT2D eigenvalue weighted by molar-refractivity contribution is 5.51. The molecule has 27 heavy (non-hydrogen) atoms. The molecular formula is C24H24N2O. The topological polar surface area (TPSA) is 34.4 Å². The Morgan fingerprint density at radius 2 is 2.00 bits per heavy atom. The number of hydrogen-bond acceptors (Lipinski definition) is 2. The molecule has 1 unspecified atom stereocenters. The van der Waals surface area contributed by atoms with Crippen molar-refractivity contribution < 1.29 is 0 Å². The smallest absolute Gasteiger partial charge is 0.261 e. The second-order valence-corrected chi connectivity index (χ2v) is 7.48. The Hall–Kier alpha value is -2.86. The summed E-state index contributed by atoms with van der Waals surface area (Å²) in [5.74, 6) is 7.00. The summed E-state index contributed by atoms with van der Waals surface area (Å²) in [5.41, 5.74) is 5.76. The van der Waals surface area contributed by atoms with E-state index in [-0.39, 0.29) is 5.56 Å². The quantitative estimate of drug-likeness (QED) is 0.481. The number of aromatic nitrogens is 2. The van der Waals surface area contributed by atoms with Crippen molar-refractivity contribution >= 4 is 5.65 Å². The Kier molecular flexibility index (Phi) is 4.81. The molecule has 4 rings (SSSR count). The van der Waals surface area contributed by atoms with Crippen molar-refractivity contribution in [1.82, 2.24) is 9.38 Å². The van der Waals surface area contributed by atoms with Gasteiger partial charge in [0.15, 0.2) is 0 Å². The Morgan fingerprint density at radius 3 is 2.78 bits per heavy atom. The lowest BCUT2D eigenvalue weighted by Gasteiger charge is -2.12. The van der Waals surface area contributed by atoms with Gasteiger partial charge in [0, 0.05) is 22.9 Å². The minimum absolute atomic E-state index is 0.0912. The molecule has 0 fully saturated rings. The third-order valence-corrected chi connectivity index (χ3v) is 5.47. The minimum atomic E-state index is 0.0912. The van der Waals surface area contributed by atoms with E-state index in [0.717, 1.165) is 48.1 Å². The Morgan fingerprint density at radius 1 is 1.19 bits per heavy atom. The molecule has 1 aliphatic rings. The number of rotatable bonds is 1. The van der Waals surface area contributed by atoms with Gasteiger partial charge in [-0.25, -0.2) is 4.98 Å². The minimum Gasteiger partial charge on any atom is -0.269 e. The lowest BCUT2D eigenvalue weighted by Crippen LogP contribution is -2.23. The van der Waals surface area contributed by atoms with Gasteiger partial charge >= 0.3 is 0 Å². The van der Waals surface area contributed by atoms with Crippen LogP contribution in [-0.4, -0.2) is 9.38 Å². The molecule has 0 saturated heterocycles. The highest BCUT2D eigenvalue weighted by atomic mass is 16.1. The highest BCUT2D eigenvalue weighted by Gasteiger charge is 2.20. The highest BCUT2D eigenvalue weighted by Crippen LogP contribution is 2.24. The van der Waals surface area contributed by atoms with E-state index in [2.05, 4.69) is 37.8 Å². The first-order valence-corrected chi connectivity index (χ1v) is 9.77. The van der Waals surface area contributed by atoms with Crippen molar-refractivity contribution in [2.45, 2.75) is 46.0 Å². The summed E-state index contributed by atoms with van der Waals surface area (Å²) in [6.07, 6.45) is 6.99. The van der Waals surface area contributed by atoms with E-state index in [4.69, 9.17) is 4.98 Å². The van der Waals surface area contributed by atoms with Crippen LogP contribution in [0.2, 0.25) is 0 Å². The maximum atomic E-state index is 13.0. The van der Waals surface area contributed by atoms with Gasteiger partial charge in [-0.1, -0.05) is 37.3 Å². The molecule has 2 aromatic heterocycles. The van der Waals surface area contributed by atoms with Gasteiger partial charge in [-0.15, -0.1) is 0 Å². The number of benzene rings is 1. The van der Waals surface area contributed by atoms with E-state index >= 15 is 0 Å². The standard InChI is InChI=1S/C24H24N2O/c1-3-18-7-5-9-22-21(15-18)24(27)26-13-12-20(16-23(26)25-22)11-10-19-8-4-6-17(2)14-19/h4,6,8,12-14,16,18H,3,5,7,9,15H2,1-2H3. The van der Waals surface area contributed by atoms with Crippen LogP contribution in [0.25, 0.3) is 5.65 Å². The first-order valence-electron chi connectivity index (χ1n) is 9.77. The molecule has 2 heterocycles. The number of hydrogen-bond donors (Lipinski definition) is 0. The lowest BCUT2D eigenvalue weighted by atomic mass is 9.96. The predicted octanol–water partition coefficient (Wildman–Crippen LogP) is 4.31. The Balaban J connectivity index is 1.75. The molecule has 1 aliphatic carbocycles. The van der Waals surface area contributed by atoms with Crippen molar-refractivity contribution in [3.63, 3.8) is 0 Å². The average Bonchev–Trinajstić information content (AvgIpc) is 2.89. The van der Waals surface area contributed by atoms with Crippen LogP contribution in [0.15, 0.2) is 47.4 Å². The molecule has 3 heteroatoms. The first-order chi connectivity index (χ1) is 13.1. The molecule has 0 aliphatic heterocycles. The van der Waals surface area contributed by atoms with Gasteiger partial charge in [0.2, 0.25) is 0 Å². The van der Waals surface area contributed by atoms with E-state index < -0.39 is 0 Å². The van der Waals surface area contributed by atoms with Gasteiger partial charge in [0.25, 0.3) is 5.56 Å². The van der Waals surface area contributed by atoms with Gasteiger partial charge in [-0.05, 0) is 68.4 Å². The number of nitrogens with zero attached hydrogens (tertiary/aromatic N) is 2. The molecule has 0 bridgehead atoms. The van der Waals surface area contributed by atoms with Crippen molar-refractivity contribution in [2.24, 2.45) is 5.92 Å². The summed E-state index contributed by atoms with van der Waals surface area (Å²) in [4.78, 5) is 17.8. The van der Waals surface area contributed by atoms with E-state index in [1.807, 2.05) is 30.5 Å². The fourth-order valence-electron chi connectivity index (χ4n) is 3.87. The zero-order chi connectivity index (χ0) is 18.8. The fraction of sp³-hybridized carbons (Fsp3) is 0.333. The number of aryl methyl sites for hydroxylation is 2. The second-order valence-electron chi connectivity index (χ2n) is 7.48. The van der Waals surface area contributed by atoms with Crippen LogP contribution >= 0.6 is 0 Å². The third kappa shape index (κ3) is 3.66. The molecule has 1 aromatic carbocycles. The molecular weight excluding hydrogens is 332 g/mol. The summed E-state index contributed by atoms with van der Waals surface area (Å²) < 4.78 is 1.68. The van der Waals surface area contributed by atoms with Gasteiger partial charge < -0.3 is 0 Å². The molecule has 3 aromatic rings. The summed E-state index contributed by atoms with van der Waals surface area (Å²) in [5, 5.41) is 0. The predicted molar refractivity (Wildman–Crippen MR) is 109 cm³/mol. The molecule has 0 radical (unpaired) electrons. The maximum Gasteiger partial charge on any atom is 0.261 e. The Bertz CT molecular complexity index is 1110. The zero-order valence-electron chi connectivity index (χ0n) is 16.0. The van der Waals surface area contributed by atoms with E-state index in [1.165, 1.54) is 12.0 Å². The van der Waals surface area contributed by atoms with Crippen LogP contribution in [0.3, 0.4) is 0 Å². The molecule has 0 saturated carbocycles. The monoisotopic (exact) mass is 356 g/mol. The third-order valence-electron chi connectivity index (χ3n) is 5.47. The van der Waals surface area contributed by atoms with Crippen LogP contribution in [0.4, 0.5) is 0 Å². The maximum absolute atomic E-state index is 13.0. The summed E-state index contributed by atoms with van der Waals surface area (Å²) in [6, 6.07) is 12.0. The summed E-state index contributed by atoms with van der Waals surface area (Å²) >= 11 is 0. The van der Waals surface area contributed by atoms with Gasteiger partial charge in [0.05, 0.1) is 5.69 Å². The molecule has 0 spiro atoms. The van der Waals surface area contributed by atoms with Crippen LogP contribution in [0, 0.1) is 24.7 Å². The van der Waals surface area contributed by atoms with Crippen molar-refractivity contribution in [1.29, 1.82) is 0 Å². The van der Waals surface area contributed by atoms with E-state index in [9.17, 15) is 4.79 Å². The molecule has 1 atom stereocenters. The Labute approximate surface area is 160 Å². The average molecular weight is 356 g/mol. The zero-order valence-corrected chi connectivity index (χ0v) is 16.0. The first kappa shape index (κ1) is 17.5. The number of fused-ring (bicyclic) bond motifs is 2. The van der Waals surface area contributed by atoms with Crippen LogP contribution in [0.5, 0.6) is 0 Å². The fourth-order valence-corrected chi connectivity index (χ4v) is 3.87. The molecule has 136 valence electrons. The van der Waals surface area contributed by atoms with Gasteiger partial charge in [-0.3, -0.25) is 9.20 Å². The molecule has 0 amide bonds. The SMILES string of the molecule is CCC1CCCc2nc3cc(C#Cc4cccc(C)c4)ccn3c(=O)c2C1. The second kappa shape index (κ2) is 7.40. The van der Waals surface area contributed by atoms with Crippen LogP contribution in [0.1, 0.15) is 54.1 Å². The van der Waals surface area contributed by atoms with Crippen molar-refractivity contribution in [3.8, 4) is 11.8 Å². The lowest BCUT2D eigenvalue weighted by molar-refractivity contribution is 0.465. The van der Waals surface area contributed by atoms with Crippen molar-refractivity contribution in [3.05, 3.63) is 80.9 Å². The van der Waals surface area contributed by atoms with Crippen LogP contribution in [-0.2, 0) is 12.8 Å². The van der Waals surface area contributed by atoms with Gasteiger partial charge in [0.1, 0.15) is 5.65 Å².